The molecule has 0 aliphatic heterocycles. The lowest BCUT2D eigenvalue weighted by atomic mass is 9.83. The molecule has 1 N–H and O–H groups in total. The van der Waals surface area contributed by atoms with E-state index in [1.54, 1.807) is 14.2 Å². The molecule has 0 atom stereocenters. The summed E-state index contributed by atoms with van der Waals surface area (Å²) in [4.78, 5) is 0. The van der Waals surface area contributed by atoms with Gasteiger partial charge in [-0.2, -0.15) is 0 Å². The Morgan fingerprint density at radius 3 is 2.48 bits per heavy atom. The van der Waals surface area contributed by atoms with Gasteiger partial charge < -0.3 is 14.8 Å². The first kappa shape index (κ1) is 16.4. The number of benzene rings is 1. The Kier molecular flexibility index (Phi) is 5.77. The number of halogens is 1. The van der Waals surface area contributed by atoms with Gasteiger partial charge in [-0.3, -0.25) is 0 Å². The van der Waals surface area contributed by atoms with Gasteiger partial charge in [0.05, 0.1) is 19.2 Å². The van der Waals surface area contributed by atoms with Crippen molar-refractivity contribution < 1.29 is 9.47 Å². The highest BCUT2D eigenvalue weighted by Gasteiger charge is 2.31. The van der Waals surface area contributed by atoms with Gasteiger partial charge in [0.2, 0.25) is 0 Å². The molecule has 2 rings (SSSR count). The van der Waals surface area contributed by atoms with Crippen LogP contribution in [0.3, 0.4) is 0 Å². The van der Waals surface area contributed by atoms with Gasteiger partial charge in [0.15, 0.2) is 11.5 Å². The van der Waals surface area contributed by atoms with Crippen LogP contribution in [0, 0.1) is 5.41 Å². The number of hydrogen-bond acceptors (Lipinski definition) is 3. The van der Waals surface area contributed by atoms with Gasteiger partial charge in [-0.25, -0.2) is 0 Å². The third kappa shape index (κ3) is 3.83. The zero-order chi connectivity index (χ0) is 15.3. The largest absolute Gasteiger partial charge is 0.493 e. The minimum Gasteiger partial charge on any atom is -0.493 e. The molecule has 0 radical (unpaired) electrons. The summed E-state index contributed by atoms with van der Waals surface area (Å²) in [6.07, 6.45) is 6.70. The zero-order valence-electron chi connectivity index (χ0n) is 13.3. The van der Waals surface area contributed by atoms with Crippen LogP contribution in [0.2, 0.25) is 5.02 Å². The minimum atomic E-state index is 0.500. The predicted molar refractivity (Wildman–Crippen MR) is 87.5 cm³/mol. The van der Waals surface area contributed by atoms with E-state index in [-0.39, 0.29) is 0 Å². The summed E-state index contributed by atoms with van der Waals surface area (Å²) in [5, 5.41) is 4.19. The summed E-state index contributed by atoms with van der Waals surface area (Å²) in [6.45, 7) is 4.19. The predicted octanol–water partition coefficient (Wildman–Crippen LogP) is 4.42. The quantitative estimate of drug-likeness (QED) is 0.808. The molecule has 0 unspecified atom stereocenters. The molecule has 0 heterocycles. The third-order valence-corrected chi connectivity index (χ3v) is 5.02. The topological polar surface area (TPSA) is 30.5 Å². The van der Waals surface area contributed by atoms with Crippen molar-refractivity contribution in [1.82, 2.24) is 5.32 Å². The van der Waals surface area contributed by atoms with Crippen molar-refractivity contribution in [1.29, 1.82) is 0 Å². The Labute approximate surface area is 133 Å². The van der Waals surface area contributed by atoms with Crippen LogP contribution in [0.1, 0.15) is 44.6 Å². The molecule has 1 aromatic rings. The molecule has 1 saturated carbocycles. The van der Waals surface area contributed by atoms with Gasteiger partial charge in [0, 0.05) is 13.1 Å². The Morgan fingerprint density at radius 2 is 1.90 bits per heavy atom. The van der Waals surface area contributed by atoms with Crippen LogP contribution in [0.4, 0.5) is 0 Å². The molecule has 1 aliphatic carbocycles. The first-order chi connectivity index (χ1) is 10.1. The fourth-order valence-corrected chi connectivity index (χ4v) is 3.64. The normalized spacial score (nSPS) is 17.0. The van der Waals surface area contributed by atoms with E-state index in [2.05, 4.69) is 12.2 Å². The summed E-state index contributed by atoms with van der Waals surface area (Å²) in [5.41, 5.74) is 1.63. The van der Waals surface area contributed by atoms with E-state index in [1.165, 1.54) is 32.1 Å². The molecule has 0 bridgehead atoms. The highest BCUT2D eigenvalue weighted by Crippen LogP contribution is 2.40. The fourth-order valence-electron chi connectivity index (χ4n) is 3.33. The Balaban J connectivity index is 1.98. The average molecular weight is 312 g/mol. The Morgan fingerprint density at radius 1 is 1.19 bits per heavy atom. The fraction of sp³-hybridized carbons (Fsp3) is 0.647. The van der Waals surface area contributed by atoms with Gasteiger partial charge in [0.25, 0.3) is 0 Å². The van der Waals surface area contributed by atoms with E-state index in [0.29, 0.717) is 21.9 Å². The van der Waals surface area contributed by atoms with Crippen molar-refractivity contribution in [2.45, 2.75) is 45.6 Å². The molecule has 0 spiro atoms. The molecule has 0 aromatic heterocycles. The molecular formula is C17H26ClNO2. The Bertz CT molecular complexity index is 470. The minimum absolute atomic E-state index is 0.500. The van der Waals surface area contributed by atoms with Crippen LogP contribution in [0.5, 0.6) is 11.5 Å². The van der Waals surface area contributed by atoms with Crippen molar-refractivity contribution in [2.24, 2.45) is 5.41 Å². The second kappa shape index (κ2) is 7.37. The number of rotatable bonds is 7. The SMILES string of the molecule is CCC1(CNCc2cc(Cl)c(OC)c(OC)c2)CCCC1. The van der Waals surface area contributed by atoms with Gasteiger partial charge in [0.1, 0.15) is 0 Å². The van der Waals surface area contributed by atoms with Crippen LogP contribution in [-0.2, 0) is 6.54 Å². The standard InChI is InChI=1S/C17H26ClNO2/c1-4-17(7-5-6-8-17)12-19-11-13-9-14(18)16(21-3)15(10-13)20-2/h9-10,19H,4-8,11-12H2,1-3H3. The van der Waals surface area contributed by atoms with Gasteiger partial charge in [-0.1, -0.05) is 31.4 Å². The molecule has 1 aromatic carbocycles. The van der Waals surface area contributed by atoms with Crippen LogP contribution in [-0.4, -0.2) is 20.8 Å². The number of methoxy groups -OCH3 is 2. The highest BCUT2D eigenvalue weighted by molar-refractivity contribution is 6.32. The smallest absolute Gasteiger partial charge is 0.179 e. The van der Waals surface area contributed by atoms with E-state index >= 15 is 0 Å². The number of hydrogen-bond donors (Lipinski definition) is 1. The number of ether oxygens (including phenoxy) is 2. The second-order valence-electron chi connectivity index (χ2n) is 5.98. The molecule has 0 saturated heterocycles. The first-order valence-corrected chi connectivity index (χ1v) is 8.13. The van der Waals surface area contributed by atoms with Crippen LogP contribution in [0.15, 0.2) is 12.1 Å². The lowest BCUT2D eigenvalue weighted by molar-refractivity contribution is 0.268. The van der Waals surface area contributed by atoms with E-state index in [4.69, 9.17) is 21.1 Å². The summed E-state index contributed by atoms with van der Waals surface area (Å²) in [5.74, 6) is 1.29. The maximum absolute atomic E-state index is 6.24. The van der Waals surface area contributed by atoms with Gasteiger partial charge in [-0.15, -0.1) is 0 Å². The first-order valence-electron chi connectivity index (χ1n) is 7.75. The number of nitrogens with one attached hydrogen (secondary N) is 1. The lowest BCUT2D eigenvalue weighted by Crippen LogP contribution is -2.31. The monoisotopic (exact) mass is 311 g/mol. The molecule has 1 fully saturated rings. The van der Waals surface area contributed by atoms with Crippen molar-refractivity contribution in [2.75, 3.05) is 20.8 Å². The Hall–Kier alpha value is -0.930. The van der Waals surface area contributed by atoms with Crippen LogP contribution in [0.25, 0.3) is 0 Å². The molecule has 21 heavy (non-hydrogen) atoms. The second-order valence-corrected chi connectivity index (χ2v) is 6.38. The van der Waals surface area contributed by atoms with Crippen molar-refractivity contribution >= 4 is 11.6 Å². The van der Waals surface area contributed by atoms with Crippen molar-refractivity contribution in [3.63, 3.8) is 0 Å². The third-order valence-electron chi connectivity index (χ3n) is 4.74. The highest BCUT2D eigenvalue weighted by atomic mass is 35.5. The van der Waals surface area contributed by atoms with Crippen LogP contribution >= 0.6 is 11.6 Å². The molecule has 118 valence electrons. The van der Waals surface area contributed by atoms with Crippen molar-refractivity contribution in [3.05, 3.63) is 22.7 Å². The maximum Gasteiger partial charge on any atom is 0.179 e. The van der Waals surface area contributed by atoms with E-state index in [9.17, 15) is 0 Å². The van der Waals surface area contributed by atoms with Gasteiger partial charge >= 0.3 is 0 Å². The molecule has 4 heteroatoms. The van der Waals surface area contributed by atoms with E-state index < -0.39 is 0 Å². The lowest BCUT2D eigenvalue weighted by Gasteiger charge is -2.28. The molecule has 1 aliphatic rings. The molecule has 0 amide bonds. The summed E-state index contributed by atoms with van der Waals surface area (Å²) in [7, 11) is 3.24. The summed E-state index contributed by atoms with van der Waals surface area (Å²) >= 11 is 6.24. The van der Waals surface area contributed by atoms with Crippen molar-refractivity contribution in [3.8, 4) is 11.5 Å². The van der Waals surface area contributed by atoms with Gasteiger partial charge in [-0.05, 0) is 42.4 Å². The van der Waals surface area contributed by atoms with E-state index in [1.807, 2.05) is 12.1 Å². The molecular weight excluding hydrogens is 286 g/mol. The molecule has 3 nitrogen and oxygen atoms in total. The maximum atomic E-state index is 6.24. The summed E-state index contributed by atoms with van der Waals surface area (Å²) in [6, 6.07) is 3.94. The van der Waals surface area contributed by atoms with Crippen LogP contribution < -0.4 is 14.8 Å². The summed E-state index contributed by atoms with van der Waals surface area (Å²) < 4.78 is 10.6. The zero-order valence-corrected chi connectivity index (χ0v) is 14.1. The average Bonchev–Trinajstić information content (AvgIpc) is 2.96. The van der Waals surface area contributed by atoms with E-state index in [0.717, 1.165) is 18.7 Å².